The quantitative estimate of drug-likeness (QED) is 0.469. The molecule has 4 aromatic rings. The first-order valence-corrected chi connectivity index (χ1v) is 10.7. The predicted molar refractivity (Wildman–Crippen MR) is 118 cm³/mol. The lowest BCUT2D eigenvalue weighted by molar-refractivity contribution is -0.144. The van der Waals surface area contributed by atoms with E-state index in [0.717, 1.165) is 16.6 Å². The topological polar surface area (TPSA) is 109 Å². The van der Waals surface area contributed by atoms with E-state index in [0.29, 0.717) is 42.5 Å². The van der Waals surface area contributed by atoms with E-state index in [1.807, 2.05) is 16.5 Å². The maximum absolute atomic E-state index is 13.5. The number of piperidine rings is 1. The van der Waals surface area contributed by atoms with Gasteiger partial charge in [-0.1, -0.05) is 5.16 Å². The number of carboxylic acid groups (broad SMARTS) is 2. The van der Waals surface area contributed by atoms with Gasteiger partial charge in [-0.2, -0.15) is 0 Å². The first-order valence-electron chi connectivity index (χ1n) is 10.7. The summed E-state index contributed by atoms with van der Waals surface area (Å²) < 4.78 is 20.6. The Labute approximate surface area is 187 Å². The van der Waals surface area contributed by atoms with Crippen LogP contribution in [-0.2, 0) is 11.8 Å². The van der Waals surface area contributed by atoms with Gasteiger partial charge in [0.25, 0.3) is 0 Å². The van der Waals surface area contributed by atoms with Crippen LogP contribution in [0.2, 0.25) is 0 Å². The van der Waals surface area contributed by atoms with E-state index < -0.39 is 18.0 Å². The molecule has 2 N–H and O–H groups in total. The number of rotatable bonds is 5. The van der Waals surface area contributed by atoms with Gasteiger partial charge < -0.3 is 19.3 Å². The van der Waals surface area contributed by atoms with Gasteiger partial charge in [-0.25, -0.2) is 9.18 Å². The van der Waals surface area contributed by atoms with E-state index in [1.54, 1.807) is 18.3 Å². The van der Waals surface area contributed by atoms with Gasteiger partial charge in [-0.15, -0.1) is 0 Å². The van der Waals surface area contributed by atoms with Crippen LogP contribution in [0.15, 0.2) is 47.1 Å². The Balaban J connectivity index is 1.43. The van der Waals surface area contributed by atoms with Crippen LogP contribution in [0.5, 0.6) is 0 Å². The van der Waals surface area contributed by atoms with Crippen LogP contribution in [-0.4, -0.2) is 49.9 Å². The molecule has 2 aromatic heterocycles. The van der Waals surface area contributed by atoms with Gasteiger partial charge in [0.05, 0.1) is 11.3 Å². The fraction of sp³-hybridized carbons (Fsp3) is 0.292. The van der Waals surface area contributed by atoms with Crippen molar-refractivity contribution in [2.45, 2.75) is 24.8 Å². The highest BCUT2D eigenvalue weighted by molar-refractivity contribution is 5.96. The van der Waals surface area contributed by atoms with Crippen LogP contribution in [0, 0.1) is 5.82 Å². The van der Waals surface area contributed by atoms with Gasteiger partial charge in [0.15, 0.2) is 5.58 Å². The highest BCUT2D eigenvalue weighted by Crippen LogP contribution is 2.37. The molecule has 1 aliphatic heterocycles. The summed E-state index contributed by atoms with van der Waals surface area (Å²) in [6.45, 7) is 1.04. The van der Waals surface area contributed by atoms with Crippen molar-refractivity contribution in [3.8, 4) is 0 Å². The molecule has 2 aromatic carbocycles. The fourth-order valence-corrected chi connectivity index (χ4v) is 4.92. The molecule has 0 amide bonds. The van der Waals surface area contributed by atoms with Gasteiger partial charge in [0.1, 0.15) is 11.9 Å². The molecule has 0 radical (unpaired) electrons. The molecule has 0 unspecified atom stereocenters. The van der Waals surface area contributed by atoms with E-state index in [-0.39, 0.29) is 17.3 Å². The van der Waals surface area contributed by atoms with Gasteiger partial charge in [0.2, 0.25) is 0 Å². The molecule has 3 heterocycles. The van der Waals surface area contributed by atoms with E-state index in [1.165, 1.54) is 24.3 Å². The second kappa shape index (κ2) is 8.00. The van der Waals surface area contributed by atoms with Crippen LogP contribution < -0.4 is 0 Å². The fourth-order valence-electron chi connectivity index (χ4n) is 4.92. The Morgan fingerprint density at radius 1 is 1.12 bits per heavy atom. The number of nitrogens with zero attached hydrogens (tertiary/aromatic N) is 3. The predicted octanol–water partition coefficient (Wildman–Crippen LogP) is 4.16. The van der Waals surface area contributed by atoms with Crippen LogP contribution in [0.1, 0.15) is 46.4 Å². The summed E-state index contributed by atoms with van der Waals surface area (Å²) >= 11 is 0. The van der Waals surface area contributed by atoms with Crippen molar-refractivity contribution in [2.24, 2.45) is 7.05 Å². The minimum atomic E-state index is -1.06. The Morgan fingerprint density at radius 2 is 1.88 bits per heavy atom. The summed E-state index contributed by atoms with van der Waals surface area (Å²) in [4.78, 5) is 25.7. The third kappa shape index (κ3) is 3.64. The normalized spacial score (nSPS) is 16.4. The van der Waals surface area contributed by atoms with Gasteiger partial charge in [-0.05, 0) is 56.3 Å². The number of carboxylic acids is 2. The third-order valence-electron chi connectivity index (χ3n) is 6.54. The summed E-state index contributed by atoms with van der Waals surface area (Å²) in [6.07, 6.45) is 3.11. The number of aliphatic carboxylic acids is 1. The molecular formula is C24H22FN3O5. The Hall–Kier alpha value is -3.72. The number of aryl methyl sites for hydroxylation is 1. The van der Waals surface area contributed by atoms with E-state index in [2.05, 4.69) is 5.16 Å². The standard InChI is InChI=1S/C24H22FN3O5/c1-27-12-18(17-10-14(23(29)30)2-5-19(17)27)22(24(31)32)28-8-6-13(7-9-28)21-16-4-3-15(25)11-20(16)33-26-21/h2-5,10-13,22H,6-9H2,1H3,(H,29,30)(H,31,32)/t22-/m0/s1. The first-order chi connectivity index (χ1) is 15.8. The number of fused-ring (bicyclic) bond motifs is 2. The lowest BCUT2D eigenvalue weighted by atomic mass is 9.90. The van der Waals surface area contributed by atoms with E-state index in [4.69, 9.17) is 4.52 Å². The molecular weight excluding hydrogens is 429 g/mol. The average Bonchev–Trinajstić information content (AvgIpc) is 3.35. The Morgan fingerprint density at radius 3 is 2.58 bits per heavy atom. The zero-order chi connectivity index (χ0) is 23.3. The molecule has 0 spiro atoms. The van der Waals surface area contributed by atoms with Crippen molar-refractivity contribution < 1.29 is 28.7 Å². The van der Waals surface area contributed by atoms with Crippen molar-refractivity contribution in [3.05, 3.63) is 65.2 Å². The van der Waals surface area contributed by atoms with Crippen molar-refractivity contribution in [1.29, 1.82) is 0 Å². The summed E-state index contributed by atoms with van der Waals surface area (Å²) in [6, 6.07) is 8.21. The van der Waals surface area contributed by atoms with Crippen molar-refractivity contribution >= 4 is 33.8 Å². The Kier molecular flexibility index (Phi) is 5.13. The molecule has 0 saturated carbocycles. The summed E-state index contributed by atoms with van der Waals surface area (Å²) in [5, 5.41) is 25.1. The van der Waals surface area contributed by atoms with Crippen LogP contribution in [0.3, 0.4) is 0 Å². The average molecular weight is 451 g/mol. The lowest BCUT2D eigenvalue weighted by Crippen LogP contribution is -2.39. The zero-order valence-electron chi connectivity index (χ0n) is 17.9. The summed E-state index contributed by atoms with van der Waals surface area (Å²) in [5.74, 6) is -2.35. The minimum Gasteiger partial charge on any atom is -0.480 e. The van der Waals surface area contributed by atoms with Crippen LogP contribution in [0.4, 0.5) is 4.39 Å². The third-order valence-corrected chi connectivity index (χ3v) is 6.54. The summed E-state index contributed by atoms with van der Waals surface area (Å²) in [5.41, 5.74) is 2.64. The maximum atomic E-state index is 13.5. The molecule has 33 heavy (non-hydrogen) atoms. The van der Waals surface area contributed by atoms with Crippen molar-refractivity contribution in [1.82, 2.24) is 14.6 Å². The highest BCUT2D eigenvalue weighted by Gasteiger charge is 2.34. The molecule has 1 saturated heterocycles. The number of carbonyl (C=O) groups is 2. The molecule has 1 fully saturated rings. The van der Waals surface area contributed by atoms with E-state index in [9.17, 15) is 24.2 Å². The molecule has 1 aliphatic rings. The SMILES string of the molecule is Cn1cc([C@@H](C(=O)O)N2CCC(c3noc4cc(F)ccc34)CC2)c2cc(C(=O)O)ccc21. The number of aromatic nitrogens is 2. The molecule has 8 nitrogen and oxygen atoms in total. The van der Waals surface area contributed by atoms with E-state index >= 15 is 0 Å². The first kappa shape index (κ1) is 21.1. The van der Waals surface area contributed by atoms with Crippen LogP contribution >= 0.6 is 0 Å². The molecule has 0 bridgehead atoms. The number of aromatic carboxylic acids is 1. The molecule has 5 rings (SSSR count). The maximum Gasteiger partial charge on any atom is 0.335 e. The summed E-state index contributed by atoms with van der Waals surface area (Å²) in [7, 11) is 1.82. The number of benzene rings is 2. The second-order valence-corrected chi connectivity index (χ2v) is 8.49. The molecule has 170 valence electrons. The monoisotopic (exact) mass is 451 g/mol. The van der Waals surface area contributed by atoms with Gasteiger partial charge in [-0.3, -0.25) is 9.69 Å². The lowest BCUT2D eigenvalue weighted by Gasteiger charge is -2.35. The van der Waals surface area contributed by atoms with Crippen LogP contribution in [0.25, 0.3) is 21.9 Å². The van der Waals surface area contributed by atoms with Gasteiger partial charge in [0, 0.05) is 47.1 Å². The Bertz CT molecular complexity index is 1380. The molecule has 0 aliphatic carbocycles. The smallest absolute Gasteiger partial charge is 0.335 e. The van der Waals surface area contributed by atoms with Crippen molar-refractivity contribution in [2.75, 3.05) is 13.1 Å². The largest absolute Gasteiger partial charge is 0.480 e. The minimum absolute atomic E-state index is 0.0773. The molecule has 9 heteroatoms. The number of hydrogen-bond donors (Lipinski definition) is 2. The second-order valence-electron chi connectivity index (χ2n) is 8.49. The number of hydrogen-bond acceptors (Lipinski definition) is 5. The van der Waals surface area contributed by atoms with Crippen molar-refractivity contribution in [3.63, 3.8) is 0 Å². The molecule has 1 atom stereocenters. The number of halogens is 1. The number of likely N-dealkylation sites (tertiary alicyclic amines) is 1. The highest BCUT2D eigenvalue weighted by atomic mass is 19.1. The zero-order valence-corrected chi connectivity index (χ0v) is 17.9. The van der Waals surface area contributed by atoms with Gasteiger partial charge >= 0.3 is 11.9 Å².